The number of amides is 1. The number of carbonyl (C=O) groups excluding carboxylic acids is 1. The predicted octanol–water partition coefficient (Wildman–Crippen LogP) is 3.27. The lowest BCUT2D eigenvalue weighted by molar-refractivity contribution is 0.0949. The fourth-order valence-electron chi connectivity index (χ4n) is 2.31. The van der Waals surface area contributed by atoms with Crippen LogP contribution in [0.5, 0.6) is 5.75 Å². The number of hydrogen-bond acceptors (Lipinski definition) is 4. The van der Waals surface area contributed by atoms with Gasteiger partial charge in [-0.25, -0.2) is 4.98 Å². The molecule has 1 aromatic carbocycles. The summed E-state index contributed by atoms with van der Waals surface area (Å²) < 4.78 is 5.31. The van der Waals surface area contributed by atoms with Crippen LogP contribution in [0.25, 0.3) is 0 Å². The number of ether oxygens (including phenoxy) is 1. The van der Waals surface area contributed by atoms with Crippen LogP contribution in [0, 0.1) is 0 Å². The van der Waals surface area contributed by atoms with Gasteiger partial charge in [0.05, 0.1) is 19.0 Å². The average Bonchev–Trinajstić information content (AvgIpc) is 2.62. The summed E-state index contributed by atoms with van der Waals surface area (Å²) in [7, 11) is 1.65. The summed E-state index contributed by atoms with van der Waals surface area (Å²) in [4.78, 5) is 16.4. The minimum absolute atomic E-state index is 0.167. The third-order valence-corrected chi connectivity index (χ3v) is 3.89. The number of nitrogens with one attached hydrogen (secondary N) is 2. The molecule has 1 heterocycles. The van der Waals surface area contributed by atoms with Crippen molar-refractivity contribution in [2.75, 3.05) is 19.0 Å². The predicted molar refractivity (Wildman–Crippen MR) is 96.6 cm³/mol. The molecule has 2 aromatic rings. The zero-order valence-corrected chi connectivity index (χ0v) is 14.5. The maximum atomic E-state index is 12.2. The van der Waals surface area contributed by atoms with Crippen molar-refractivity contribution in [1.82, 2.24) is 10.3 Å². The van der Waals surface area contributed by atoms with Crippen LogP contribution in [0.2, 0.25) is 0 Å². The van der Waals surface area contributed by atoms with E-state index in [9.17, 15) is 4.79 Å². The van der Waals surface area contributed by atoms with Crippen LogP contribution in [-0.4, -0.2) is 30.6 Å². The van der Waals surface area contributed by atoms with Gasteiger partial charge < -0.3 is 15.4 Å². The number of benzene rings is 1. The van der Waals surface area contributed by atoms with Crippen LogP contribution in [0.1, 0.15) is 36.3 Å². The number of nitrogens with zero attached hydrogens (tertiary/aromatic N) is 1. The number of methoxy groups -OCH3 is 1. The Morgan fingerprint density at radius 3 is 2.71 bits per heavy atom. The third-order valence-electron chi connectivity index (χ3n) is 3.89. The Morgan fingerprint density at radius 1 is 1.25 bits per heavy atom. The number of anilines is 1. The van der Waals surface area contributed by atoms with E-state index in [-0.39, 0.29) is 5.91 Å². The Kier molecular flexibility index (Phi) is 6.61. The first kappa shape index (κ1) is 17.8. The highest BCUT2D eigenvalue weighted by molar-refractivity contribution is 5.92. The number of hydrogen-bond donors (Lipinski definition) is 2. The molecule has 5 heteroatoms. The first-order valence-electron chi connectivity index (χ1n) is 8.26. The smallest absolute Gasteiger partial charge is 0.269 e. The zero-order chi connectivity index (χ0) is 17.4. The van der Waals surface area contributed by atoms with Gasteiger partial charge in [-0.3, -0.25) is 4.79 Å². The van der Waals surface area contributed by atoms with Gasteiger partial charge in [-0.15, -0.1) is 0 Å². The van der Waals surface area contributed by atoms with Gasteiger partial charge in [-0.1, -0.05) is 25.1 Å². The summed E-state index contributed by atoms with van der Waals surface area (Å²) in [5, 5.41) is 6.22. The van der Waals surface area contributed by atoms with Gasteiger partial charge >= 0.3 is 0 Å². The van der Waals surface area contributed by atoms with Crippen molar-refractivity contribution in [2.45, 2.75) is 32.7 Å². The van der Waals surface area contributed by atoms with Gasteiger partial charge in [0.1, 0.15) is 11.4 Å². The van der Waals surface area contributed by atoms with Crippen LogP contribution >= 0.6 is 0 Å². The van der Waals surface area contributed by atoms with E-state index in [0.29, 0.717) is 24.7 Å². The molecular formula is C19H25N3O2. The molecule has 0 aliphatic rings. The van der Waals surface area contributed by atoms with Gasteiger partial charge in [0.25, 0.3) is 5.91 Å². The highest BCUT2D eigenvalue weighted by atomic mass is 16.5. The summed E-state index contributed by atoms with van der Waals surface area (Å²) in [6.07, 6.45) is 3.44. The minimum atomic E-state index is -0.167. The molecule has 1 amide bonds. The molecule has 5 nitrogen and oxygen atoms in total. The van der Waals surface area contributed by atoms with Crippen molar-refractivity contribution in [3.05, 3.63) is 53.9 Å². The maximum absolute atomic E-state index is 12.2. The number of carbonyl (C=O) groups is 1. The van der Waals surface area contributed by atoms with Gasteiger partial charge in [0.2, 0.25) is 0 Å². The van der Waals surface area contributed by atoms with Crippen LogP contribution in [0.15, 0.2) is 42.6 Å². The van der Waals surface area contributed by atoms with Crippen molar-refractivity contribution < 1.29 is 9.53 Å². The summed E-state index contributed by atoms with van der Waals surface area (Å²) >= 11 is 0. The Labute approximate surface area is 143 Å². The van der Waals surface area contributed by atoms with E-state index in [4.69, 9.17) is 4.74 Å². The van der Waals surface area contributed by atoms with E-state index in [1.807, 2.05) is 30.3 Å². The van der Waals surface area contributed by atoms with Crippen molar-refractivity contribution in [3.63, 3.8) is 0 Å². The Hall–Kier alpha value is -2.56. The topological polar surface area (TPSA) is 63.2 Å². The standard InChI is InChI=1S/C19H25N3O2/c1-4-14(2)22-16-9-10-17(21-13-16)19(23)20-12-11-15-7-5-6-8-18(15)24-3/h5-10,13-14,22H,4,11-12H2,1-3H3,(H,20,23). The fraction of sp³-hybridized carbons (Fsp3) is 0.368. The van der Waals surface area contributed by atoms with Crippen LogP contribution < -0.4 is 15.4 Å². The lowest BCUT2D eigenvalue weighted by Crippen LogP contribution is -2.26. The van der Waals surface area contributed by atoms with E-state index < -0.39 is 0 Å². The SMILES string of the molecule is CCC(C)Nc1ccc(C(=O)NCCc2ccccc2OC)nc1. The first-order valence-corrected chi connectivity index (χ1v) is 8.26. The van der Waals surface area contributed by atoms with Crippen LogP contribution in [0.4, 0.5) is 5.69 Å². The lowest BCUT2D eigenvalue weighted by Gasteiger charge is -2.12. The second-order valence-electron chi connectivity index (χ2n) is 5.70. The van der Waals surface area contributed by atoms with E-state index in [0.717, 1.165) is 23.4 Å². The maximum Gasteiger partial charge on any atom is 0.269 e. The largest absolute Gasteiger partial charge is 0.496 e. The van der Waals surface area contributed by atoms with Crippen molar-refractivity contribution >= 4 is 11.6 Å². The quantitative estimate of drug-likeness (QED) is 0.781. The molecule has 0 saturated heterocycles. The normalized spacial score (nSPS) is 11.6. The molecule has 0 fully saturated rings. The Morgan fingerprint density at radius 2 is 2.04 bits per heavy atom. The highest BCUT2D eigenvalue weighted by Crippen LogP contribution is 2.17. The fourth-order valence-corrected chi connectivity index (χ4v) is 2.31. The summed E-state index contributed by atoms with van der Waals surface area (Å²) in [5.41, 5.74) is 2.42. The molecule has 1 aromatic heterocycles. The van der Waals surface area contributed by atoms with Crippen molar-refractivity contribution in [1.29, 1.82) is 0 Å². The summed E-state index contributed by atoms with van der Waals surface area (Å²) in [6.45, 7) is 4.76. The van der Waals surface area contributed by atoms with Gasteiger partial charge in [-0.05, 0) is 43.5 Å². The second kappa shape index (κ2) is 8.91. The molecule has 1 atom stereocenters. The second-order valence-corrected chi connectivity index (χ2v) is 5.70. The van der Waals surface area contributed by atoms with Crippen molar-refractivity contribution in [2.24, 2.45) is 0 Å². The van der Waals surface area contributed by atoms with Gasteiger partial charge in [0, 0.05) is 12.6 Å². The average molecular weight is 327 g/mol. The molecular weight excluding hydrogens is 302 g/mol. The Bertz CT molecular complexity index is 656. The summed E-state index contributed by atoms with van der Waals surface area (Å²) in [5.74, 6) is 0.672. The molecule has 1 unspecified atom stereocenters. The highest BCUT2D eigenvalue weighted by Gasteiger charge is 2.08. The minimum Gasteiger partial charge on any atom is -0.496 e. The van der Waals surface area contributed by atoms with E-state index in [1.54, 1.807) is 19.4 Å². The first-order chi connectivity index (χ1) is 11.6. The van der Waals surface area contributed by atoms with Gasteiger partial charge in [-0.2, -0.15) is 0 Å². The molecule has 0 saturated carbocycles. The molecule has 2 rings (SSSR count). The lowest BCUT2D eigenvalue weighted by atomic mass is 10.1. The molecule has 0 aliphatic carbocycles. The molecule has 24 heavy (non-hydrogen) atoms. The number of aromatic nitrogens is 1. The van der Waals surface area contributed by atoms with Crippen LogP contribution in [-0.2, 0) is 6.42 Å². The Balaban J connectivity index is 1.86. The monoisotopic (exact) mass is 327 g/mol. The molecule has 0 aliphatic heterocycles. The van der Waals surface area contributed by atoms with Gasteiger partial charge in [0.15, 0.2) is 0 Å². The third kappa shape index (κ3) is 4.98. The molecule has 0 radical (unpaired) electrons. The molecule has 0 spiro atoms. The van der Waals surface area contributed by atoms with E-state index >= 15 is 0 Å². The number of para-hydroxylation sites is 1. The number of pyridine rings is 1. The number of rotatable bonds is 8. The van der Waals surface area contributed by atoms with Crippen LogP contribution in [0.3, 0.4) is 0 Å². The molecule has 128 valence electrons. The molecule has 2 N–H and O–H groups in total. The zero-order valence-electron chi connectivity index (χ0n) is 14.5. The molecule has 0 bridgehead atoms. The van der Waals surface area contributed by atoms with E-state index in [1.165, 1.54) is 0 Å². The summed E-state index contributed by atoms with van der Waals surface area (Å²) in [6, 6.07) is 11.8. The van der Waals surface area contributed by atoms with Crippen molar-refractivity contribution in [3.8, 4) is 5.75 Å². The van der Waals surface area contributed by atoms with E-state index in [2.05, 4.69) is 29.5 Å².